The molecule has 0 amide bonds. The maximum Gasteiger partial charge on any atom is 0.227 e. The third kappa shape index (κ3) is 5.49. The van der Waals surface area contributed by atoms with Crippen LogP contribution in [0, 0.1) is 0 Å². The van der Waals surface area contributed by atoms with Crippen molar-refractivity contribution in [3.8, 4) is 56.2 Å². The van der Waals surface area contributed by atoms with Crippen LogP contribution in [0.15, 0.2) is 217 Å². The molecule has 4 heteroatoms. The molecule has 0 fully saturated rings. The molecule has 0 aliphatic heterocycles. The van der Waals surface area contributed by atoms with Crippen molar-refractivity contribution in [3.63, 3.8) is 0 Å². The second-order valence-electron chi connectivity index (χ2n) is 15.2. The predicted octanol–water partition coefficient (Wildman–Crippen LogP) is 14.7. The Kier molecular flexibility index (Phi) is 7.50. The van der Waals surface area contributed by atoms with E-state index in [2.05, 4.69) is 197 Å². The number of nitrogens with zero attached hydrogens (tertiary/aromatic N) is 3. The third-order valence-corrected chi connectivity index (χ3v) is 11.8. The molecule has 0 spiro atoms. The van der Waals surface area contributed by atoms with Crippen LogP contribution in [0.2, 0.25) is 0 Å². The lowest BCUT2D eigenvalue weighted by Crippen LogP contribution is -1.94. The highest BCUT2D eigenvalue weighted by Gasteiger charge is 2.18. The summed E-state index contributed by atoms with van der Waals surface area (Å²) in [6.07, 6.45) is 0. The summed E-state index contributed by atoms with van der Waals surface area (Å²) < 4.78 is 11.0. The molecule has 9 aromatic carbocycles. The quantitative estimate of drug-likeness (QED) is 0.169. The first-order valence-corrected chi connectivity index (χ1v) is 20.0. The normalized spacial score (nSPS) is 11.7. The minimum Gasteiger partial charge on any atom is -0.436 e. The molecule has 0 unspecified atom stereocenters. The molecule has 0 radical (unpaired) electrons. The van der Waals surface area contributed by atoms with Gasteiger partial charge in [0.2, 0.25) is 5.89 Å². The van der Waals surface area contributed by atoms with E-state index < -0.39 is 0 Å². The highest BCUT2D eigenvalue weighted by Crippen LogP contribution is 2.40. The maximum absolute atomic E-state index is 6.27. The second-order valence-corrected chi connectivity index (χ2v) is 15.2. The summed E-state index contributed by atoms with van der Waals surface area (Å²) in [5, 5.41) is 4.77. The summed E-state index contributed by atoms with van der Waals surface area (Å²) in [5.41, 5.74) is 16.6. The van der Waals surface area contributed by atoms with Crippen molar-refractivity contribution < 1.29 is 4.42 Å². The Hall–Kier alpha value is -7.95. The summed E-state index contributed by atoms with van der Waals surface area (Å²) in [6, 6.07) is 75.9. The lowest BCUT2D eigenvalue weighted by molar-refractivity contribution is 0.620. The van der Waals surface area contributed by atoms with Crippen LogP contribution >= 0.6 is 0 Å². The van der Waals surface area contributed by atoms with Gasteiger partial charge in [0.1, 0.15) is 5.52 Å². The standard InChI is InChI=1S/C55H35N3O/c1-3-11-36(12-4-1)38-19-26-43(27-20-38)57-50-17-9-7-15-45(50)46-33-40(23-30-51(46)57)41-24-31-52-47(34-41)48-35-42(55-56-49-16-8-10-18-54(49)59-55)25-32-53(48)58(52)44-28-21-39(22-29-44)37-13-5-2-6-14-37/h1-35H. The van der Waals surface area contributed by atoms with E-state index in [9.17, 15) is 0 Å². The smallest absolute Gasteiger partial charge is 0.227 e. The molecule has 4 nitrogen and oxygen atoms in total. The zero-order valence-electron chi connectivity index (χ0n) is 32.0. The molecule has 0 saturated carbocycles. The van der Waals surface area contributed by atoms with E-state index in [1.54, 1.807) is 0 Å². The molecule has 12 aromatic rings. The Morgan fingerprint density at radius 1 is 0.305 bits per heavy atom. The number of fused-ring (bicyclic) bond motifs is 7. The van der Waals surface area contributed by atoms with E-state index in [0.717, 1.165) is 50.0 Å². The summed E-state index contributed by atoms with van der Waals surface area (Å²) in [6.45, 7) is 0. The van der Waals surface area contributed by atoms with Gasteiger partial charge in [-0.25, -0.2) is 4.98 Å². The number of rotatable bonds is 6. The van der Waals surface area contributed by atoms with Crippen molar-refractivity contribution in [2.24, 2.45) is 0 Å². The number of benzene rings is 9. The molecule has 0 atom stereocenters. The highest BCUT2D eigenvalue weighted by molar-refractivity contribution is 6.13. The fraction of sp³-hybridized carbons (Fsp3) is 0. The SMILES string of the molecule is c1ccc(-c2ccc(-n3c4ccccc4c4cc(-c5ccc6c(c5)c5cc(-c7nc8ccccc8o7)ccc5n6-c5ccc(-c6ccccc6)cc5)ccc43)cc2)cc1. The van der Waals surface area contributed by atoms with Crippen LogP contribution in [0.3, 0.4) is 0 Å². The first-order valence-electron chi connectivity index (χ1n) is 20.0. The average Bonchev–Trinajstić information content (AvgIpc) is 3.99. The van der Waals surface area contributed by atoms with Gasteiger partial charge in [-0.1, -0.05) is 127 Å². The monoisotopic (exact) mass is 753 g/mol. The minimum atomic E-state index is 0.619. The summed E-state index contributed by atoms with van der Waals surface area (Å²) in [5.74, 6) is 0.619. The molecule has 3 heterocycles. The first-order chi connectivity index (χ1) is 29.2. The second kappa shape index (κ2) is 13.3. The van der Waals surface area contributed by atoms with E-state index in [4.69, 9.17) is 9.40 Å². The Morgan fingerprint density at radius 3 is 1.27 bits per heavy atom. The number of hydrogen-bond donors (Lipinski definition) is 0. The third-order valence-electron chi connectivity index (χ3n) is 11.8. The Bertz CT molecular complexity index is 3490. The van der Waals surface area contributed by atoms with Gasteiger partial charge in [0.25, 0.3) is 0 Å². The van der Waals surface area contributed by atoms with Gasteiger partial charge in [0, 0.05) is 38.5 Å². The molecule has 3 aromatic heterocycles. The lowest BCUT2D eigenvalue weighted by atomic mass is 10.00. The van der Waals surface area contributed by atoms with Crippen molar-refractivity contribution in [3.05, 3.63) is 212 Å². The zero-order chi connectivity index (χ0) is 38.9. The van der Waals surface area contributed by atoms with Crippen LogP contribution in [0.25, 0.3) is 111 Å². The van der Waals surface area contributed by atoms with Gasteiger partial charge in [0.05, 0.1) is 22.1 Å². The molecule has 276 valence electrons. The van der Waals surface area contributed by atoms with Gasteiger partial charge in [-0.15, -0.1) is 0 Å². The fourth-order valence-electron chi connectivity index (χ4n) is 8.91. The van der Waals surface area contributed by atoms with Crippen LogP contribution in [0.1, 0.15) is 0 Å². The molecule has 0 bridgehead atoms. The van der Waals surface area contributed by atoms with Crippen molar-refractivity contribution in [2.45, 2.75) is 0 Å². The molecule has 0 aliphatic carbocycles. The topological polar surface area (TPSA) is 35.9 Å². The van der Waals surface area contributed by atoms with Crippen molar-refractivity contribution in [1.82, 2.24) is 14.1 Å². The number of hydrogen-bond acceptors (Lipinski definition) is 2. The first kappa shape index (κ1) is 33.2. The highest BCUT2D eigenvalue weighted by atomic mass is 16.3. The van der Waals surface area contributed by atoms with Gasteiger partial charge in [-0.05, 0) is 118 Å². The van der Waals surface area contributed by atoms with E-state index in [1.807, 2.05) is 24.3 Å². The van der Waals surface area contributed by atoms with Crippen LogP contribution in [0.5, 0.6) is 0 Å². The fourth-order valence-corrected chi connectivity index (χ4v) is 8.91. The summed E-state index contributed by atoms with van der Waals surface area (Å²) >= 11 is 0. The maximum atomic E-state index is 6.27. The molecule has 12 rings (SSSR count). The Balaban J connectivity index is 1.01. The van der Waals surface area contributed by atoms with Crippen molar-refractivity contribution in [1.29, 1.82) is 0 Å². The van der Waals surface area contributed by atoms with Crippen LogP contribution in [0.4, 0.5) is 0 Å². The average molecular weight is 754 g/mol. The molecule has 59 heavy (non-hydrogen) atoms. The van der Waals surface area contributed by atoms with Crippen LogP contribution < -0.4 is 0 Å². The van der Waals surface area contributed by atoms with Gasteiger partial charge < -0.3 is 13.6 Å². The molecule has 0 saturated heterocycles. The van der Waals surface area contributed by atoms with Crippen LogP contribution in [-0.2, 0) is 0 Å². The van der Waals surface area contributed by atoms with E-state index >= 15 is 0 Å². The van der Waals surface area contributed by atoms with Gasteiger partial charge >= 0.3 is 0 Å². The number of aromatic nitrogens is 3. The zero-order valence-corrected chi connectivity index (χ0v) is 32.0. The Morgan fingerprint density at radius 2 is 0.712 bits per heavy atom. The molecule has 0 N–H and O–H groups in total. The number of oxazole rings is 1. The largest absolute Gasteiger partial charge is 0.436 e. The minimum absolute atomic E-state index is 0.619. The summed E-state index contributed by atoms with van der Waals surface area (Å²) in [7, 11) is 0. The van der Waals surface area contributed by atoms with Gasteiger partial charge in [-0.2, -0.15) is 0 Å². The van der Waals surface area contributed by atoms with E-state index in [0.29, 0.717) is 5.89 Å². The molecule has 0 aliphatic rings. The van der Waals surface area contributed by atoms with E-state index in [1.165, 1.54) is 55.0 Å². The van der Waals surface area contributed by atoms with Gasteiger partial charge in [-0.3, -0.25) is 0 Å². The van der Waals surface area contributed by atoms with E-state index in [-0.39, 0.29) is 0 Å². The predicted molar refractivity (Wildman–Crippen MR) is 244 cm³/mol. The lowest BCUT2D eigenvalue weighted by Gasteiger charge is -2.11. The van der Waals surface area contributed by atoms with Crippen molar-refractivity contribution in [2.75, 3.05) is 0 Å². The molecular weight excluding hydrogens is 719 g/mol. The van der Waals surface area contributed by atoms with Crippen LogP contribution in [-0.4, -0.2) is 14.1 Å². The molecular formula is C55H35N3O. The number of para-hydroxylation sites is 3. The summed E-state index contributed by atoms with van der Waals surface area (Å²) in [4.78, 5) is 4.86. The van der Waals surface area contributed by atoms with Gasteiger partial charge in [0.15, 0.2) is 5.58 Å². The van der Waals surface area contributed by atoms with Crippen molar-refractivity contribution >= 4 is 54.7 Å². The Labute approximate surface area is 340 Å².